The number of carbonyl (C=O) groups excluding carboxylic acids is 1. The monoisotopic (exact) mass is 333 g/mol. The highest BCUT2D eigenvalue weighted by atomic mass is 35.5. The SMILES string of the molecule is CN(C)CCOc1ccc([N+](=O)[O-])c(OC(=O)N(C)C)c1.Cl. The lowest BCUT2D eigenvalue weighted by atomic mass is 10.3. The fraction of sp³-hybridized carbons (Fsp3) is 0.462. The van der Waals surface area contributed by atoms with Gasteiger partial charge in [0.05, 0.1) is 4.92 Å². The van der Waals surface area contributed by atoms with E-state index in [4.69, 9.17) is 9.47 Å². The molecule has 1 aromatic carbocycles. The minimum Gasteiger partial charge on any atom is -0.492 e. The van der Waals surface area contributed by atoms with Crippen LogP contribution < -0.4 is 9.47 Å². The Balaban J connectivity index is 0.00000441. The Labute approximate surface area is 135 Å². The van der Waals surface area contributed by atoms with Crippen molar-refractivity contribution in [2.75, 3.05) is 41.3 Å². The summed E-state index contributed by atoms with van der Waals surface area (Å²) in [5.41, 5.74) is -0.287. The molecule has 0 heterocycles. The van der Waals surface area contributed by atoms with Crippen LogP contribution in [0.2, 0.25) is 0 Å². The number of carbonyl (C=O) groups is 1. The topological polar surface area (TPSA) is 85.1 Å². The first-order valence-corrected chi connectivity index (χ1v) is 6.26. The second kappa shape index (κ2) is 9.06. The van der Waals surface area contributed by atoms with E-state index in [0.29, 0.717) is 18.9 Å². The van der Waals surface area contributed by atoms with Crippen LogP contribution in [0.15, 0.2) is 18.2 Å². The molecule has 0 unspecified atom stereocenters. The summed E-state index contributed by atoms with van der Waals surface area (Å²) in [5.74, 6) is 0.269. The molecule has 124 valence electrons. The lowest BCUT2D eigenvalue weighted by Gasteiger charge is -2.13. The van der Waals surface area contributed by atoms with Crippen LogP contribution in [0.3, 0.4) is 0 Å². The van der Waals surface area contributed by atoms with Crippen molar-refractivity contribution in [1.82, 2.24) is 9.80 Å². The fourth-order valence-corrected chi connectivity index (χ4v) is 1.35. The highest BCUT2D eigenvalue weighted by molar-refractivity contribution is 5.85. The summed E-state index contributed by atoms with van der Waals surface area (Å²) in [5, 5.41) is 10.9. The van der Waals surface area contributed by atoms with Gasteiger partial charge in [-0.25, -0.2) is 4.79 Å². The van der Waals surface area contributed by atoms with E-state index < -0.39 is 11.0 Å². The molecule has 0 bridgehead atoms. The van der Waals surface area contributed by atoms with E-state index in [1.54, 1.807) is 0 Å². The number of hydrogen-bond acceptors (Lipinski definition) is 6. The van der Waals surface area contributed by atoms with Crippen LogP contribution >= 0.6 is 12.4 Å². The molecule has 8 nitrogen and oxygen atoms in total. The molecule has 0 radical (unpaired) electrons. The second-order valence-electron chi connectivity index (χ2n) is 4.80. The van der Waals surface area contributed by atoms with Crippen LogP contribution in [0.1, 0.15) is 0 Å². The van der Waals surface area contributed by atoms with Crippen LogP contribution in [-0.2, 0) is 0 Å². The molecule has 0 atom stereocenters. The van der Waals surface area contributed by atoms with Gasteiger partial charge in [-0.2, -0.15) is 0 Å². The van der Waals surface area contributed by atoms with Gasteiger partial charge >= 0.3 is 11.8 Å². The molecule has 0 aliphatic carbocycles. The molecule has 0 aliphatic rings. The molecule has 0 aliphatic heterocycles. The van der Waals surface area contributed by atoms with Crippen molar-refractivity contribution in [3.8, 4) is 11.5 Å². The van der Waals surface area contributed by atoms with Crippen LogP contribution in [-0.4, -0.2) is 62.2 Å². The Morgan fingerprint density at radius 1 is 1.27 bits per heavy atom. The number of ether oxygens (including phenoxy) is 2. The highest BCUT2D eigenvalue weighted by Gasteiger charge is 2.20. The van der Waals surface area contributed by atoms with Crippen LogP contribution in [0.4, 0.5) is 10.5 Å². The maximum absolute atomic E-state index is 11.5. The number of nitrogens with zero attached hydrogens (tertiary/aromatic N) is 3. The normalized spacial score (nSPS) is 9.86. The highest BCUT2D eigenvalue weighted by Crippen LogP contribution is 2.31. The van der Waals surface area contributed by atoms with Crippen molar-refractivity contribution in [1.29, 1.82) is 0 Å². The summed E-state index contributed by atoms with van der Waals surface area (Å²) in [6.45, 7) is 1.12. The third-order valence-corrected chi connectivity index (χ3v) is 2.50. The van der Waals surface area contributed by atoms with Crippen molar-refractivity contribution in [2.24, 2.45) is 0 Å². The molecule has 0 saturated heterocycles. The van der Waals surface area contributed by atoms with Gasteiger partial charge in [-0.3, -0.25) is 10.1 Å². The Morgan fingerprint density at radius 2 is 1.91 bits per heavy atom. The van der Waals surface area contributed by atoms with Crippen LogP contribution in [0.25, 0.3) is 0 Å². The zero-order valence-electron chi connectivity index (χ0n) is 12.9. The number of rotatable bonds is 6. The first-order valence-electron chi connectivity index (χ1n) is 6.26. The Morgan fingerprint density at radius 3 is 2.41 bits per heavy atom. The van der Waals surface area contributed by atoms with Gasteiger partial charge < -0.3 is 19.3 Å². The molecule has 0 N–H and O–H groups in total. The summed E-state index contributed by atoms with van der Waals surface area (Å²) in [4.78, 5) is 25.0. The largest absolute Gasteiger partial charge is 0.492 e. The van der Waals surface area contributed by atoms with E-state index in [9.17, 15) is 14.9 Å². The zero-order chi connectivity index (χ0) is 16.0. The van der Waals surface area contributed by atoms with Crippen LogP contribution in [0.5, 0.6) is 11.5 Å². The average molecular weight is 334 g/mol. The van der Waals surface area contributed by atoms with Gasteiger partial charge in [0.25, 0.3) is 0 Å². The predicted octanol–water partition coefficient (Wildman–Crippen LogP) is 2.02. The van der Waals surface area contributed by atoms with Crippen molar-refractivity contribution in [2.45, 2.75) is 0 Å². The van der Waals surface area contributed by atoms with E-state index in [-0.39, 0.29) is 23.8 Å². The number of hydrogen-bond donors (Lipinski definition) is 0. The fourth-order valence-electron chi connectivity index (χ4n) is 1.35. The van der Waals surface area contributed by atoms with Gasteiger partial charge in [-0.15, -0.1) is 12.4 Å². The smallest absolute Gasteiger partial charge is 0.414 e. The summed E-state index contributed by atoms with van der Waals surface area (Å²) < 4.78 is 10.5. The summed E-state index contributed by atoms with van der Waals surface area (Å²) in [6.07, 6.45) is -0.691. The van der Waals surface area contributed by atoms with Gasteiger partial charge in [0.15, 0.2) is 0 Å². The summed E-state index contributed by atoms with van der Waals surface area (Å²) >= 11 is 0. The molecular weight excluding hydrogens is 314 g/mol. The zero-order valence-corrected chi connectivity index (χ0v) is 13.8. The lowest BCUT2D eigenvalue weighted by Crippen LogP contribution is -2.25. The quantitative estimate of drug-likeness (QED) is 0.585. The van der Waals surface area contributed by atoms with Gasteiger partial charge in [-0.05, 0) is 20.2 Å². The minimum atomic E-state index is -0.691. The Kier molecular flexibility index (Phi) is 8.21. The van der Waals surface area contributed by atoms with Crippen LogP contribution in [0, 0.1) is 10.1 Å². The number of nitro groups is 1. The molecule has 0 fully saturated rings. The average Bonchev–Trinajstić information content (AvgIpc) is 2.38. The number of halogens is 1. The lowest BCUT2D eigenvalue weighted by molar-refractivity contribution is -0.385. The molecule has 0 aromatic heterocycles. The van der Waals surface area contributed by atoms with E-state index in [1.165, 1.54) is 37.2 Å². The van der Waals surface area contributed by atoms with Gasteiger partial charge in [0, 0.05) is 32.8 Å². The van der Waals surface area contributed by atoms with E-state index in [1.807, 2.05) is 19.0 Å². The number of amides is 1. The predicted molar refractivity (Wildman–Crippen MR) is 84.1 cm³/mol. The molecular formula is C13H20ClN3O5. The third-order valence-electron chi connectivity index (χ3n) is 2.50. The van der Waals surface area contributed by atoms with E-state index in [2.05, 4.69) is 0 Å². The molecule has 0 saturated carbocycles. The van der Waals surface area contributed by atoms with Gasteiger partial charge in [0.2, 0.25) is 5.75 Å². The Hall–Kier alpha value is -2.06. The number of likely N-dealkylation sites (N-methyl/N-ethyl adjacent to an activating group) is 1. The molecule has 0 spiro atoms. The van der Waals surface area contributed by atoms with Crippen molar-refractivity contribution < 1.29 is 19.2 Å². The first kappa shape index (κ1) is 19.9. The van der Waals surface area contributed by atoms with Gasteiger partial charge in [-0.1, -0.05) is 0 Å². The van der Waals surface area contributed by atoms with Crippen molar-refractivity contribution in [3.05, 3.63) is 28.3 Å². The number of benzene rings is 1. The molecule has 22 heavy (non-hydrogen) atoms. The van der Waals surface area contributed by atoms with E-state index >= 15 is 0 Å². The Bertz CT molecular complexity index is 522. The van der Waals surface area contributed by atoms with Gasteiger partial charge in [0.1, 0.15) is 12.4 Å². The summed E-state index contributed by atoms with van der Waals surface area (Å²) in [6, 6.07) is 4.07. The maximum Gasteiger partial charge on any atom is 0.414 e. The second-order valence-corrected chi connectivity index (χ2v) is 4.80. The molecule has 1 aromatic rings. The third kappa shape index (κ3) is 6.15. The standard InChI is InChI=1S/C13H19N3O5.ClH/c1-14(2)7-8-20-10-5-6-11(16(18)19)12(9-10)21-13(17)15(3)4;/h5-6,9H,7-8H2,1-4H3;1H. The maximum atomic E-state index is 11.5. The minimum absolute atomic E-state index is 0. The first-order chi connectivity index (χ1) is 9.81. The molecule has 9 heteroatoms. The molecule has 1 amide bonds. The molecule has 1 rings (SSSR count). The number of nitro benzene ring substituents is 1. The van der Waals surface area contributed by atoms with E-state index in [0.717, 1.165) is 0 Å². The summed E-state index contributed by atoms with van der Waals surface area (Å²) in [7, 11) is 6.80. The van der Waals surface area contributed by atoms with Crippen molar-refractivity contribution >= 4 is 24.2 Å². The van der Waals surface area contributed by atoms with Crippen molar-refractivity contribution in [3.63, 3.8) is 0 Å².